The summed E-state index contributed by atoms with van der Waals surface area (Å²) in [6.45, 7) is 6.73. The Morgan fingerprint density at radius 2 is 1.47 bits per heavy atom. The molecule has 2 aromatic rings. The van der Waals surface area contributed by atoms with E-state index in [0.29, 0.717) is 5.69 Å². The molecule has 0 radical (unpaired) electrons. The number of benzene rings is 2. The van der Waals surface area contributed by atoms with Crippen LogP contribution in [0.1, 0.15) is 52.1 Å². The van der Waals surface area contributed by atoms with Gasteiger partial charge in [-0.3, -0.25) is 19.3 Å². The Bertz CT molecular complexity index is 1250. The van der Waals surface area contributed by atoms with Crippen LogP contribution < -0.4 is 5.32 Å². The molecule has 0 spiro atoms. The molecule has 0 fully saturated rings. The summed E-state index contributed by atoms with van der Waals surface area (Å²) in [4.78, 5) is 52.7. The number of nitrogens with zero attached hydrogens (tertiary/aromatic N) is 1. The van der Waals surface area contributed by atoms with E-state index >= 15 is 0 Å². The van der Waals surface area contributed by atoms with Gasteiger partial charge in [-0.05, 0) is 49.4 Å². The van der Waals surface area contributed by atoms with Crippen molar-refractivity contribution in [1.29, 1.82) is 0 Å². The first kappa shape index (κ1) is 28.7. The summed E-state index contributed by atoms with van der Waals surface area (Å²) in [6.07, 6.45) is 0.0770. The van der Waals surface area contributed by atoms with Crippen molar-refractivity contribution in [1.82, 2.24) is 4.90 Å². The minimum atomic E-state index is -1.33. The highest BCUT2D eigenvalue weighted by Gasteiger charge is 2.47. The van der Waals surface area contributed by atoms with E-state index in [4.69, 9.17) is 51.1 Å². The number of carbonyl (C=O) groups excluding carboxylic acids is 4. The third kappa shape index (κ3) is 5.38. The molecule has 0 saturated heterocycles. The monoisotopic (exact) mass is 636 g/mol. The predicted molar refractivity (Wildman–Crippen MR) is 143 cm³/mol. The van der Waals surface area contributed by atoms with Crippen LogP contribution in [0.2, 0.25) is 20.1 Å². The van der Waals surface area contributed by atoms with Crippen LogP contribution in [-0.2, 0) is 14.3 Å². The molecule has 1 heterocycles. The van der Waals surface area contributed by atoms with Gasteiger partial charge in [0.05, 0.1) is 31.2 Å². The maximum Gasteiger partial charge on any atom is 0.329 e. The molecule has 0 aromatic heterocycles. The van der Waals surface area contributed by atoms with Crippen molar-refractivity contribution in [2.45, 2.75) is 40.2 Å². The first-order chi connectivity index (χ1) is 16.8. The highest BCUT2D eigenvalue weighted by molar-refractivity contribution is 9.10. The fourth-order valence-electron chi connectivity index (χ4n) is 3.75. The summed E-state index contributed by atoms with van der Waals surface area (Å²) in [5, 5.41) is 1.86. The Morgan fingerprint density at radius 3 is 1.97 bits per heavy atom. The summed E-state index contributed by atoms with van der Waals surface area (Å²) in [5.74, 6) is -3.33. The molecule has 1 aliphatic heterocycles. The average molecular weight is 639 g/mol. The number of hydrogen-bond donors (Lipinski definition) is 1. The topological polar surface area (TPSA) is 92.8 Å². The summed E-state index contributed by atoms with van der Waals surface area (Å²) in [7, 11) is 0. The van der Waals surface area contributed by atoms with E-state index in [1.807, 2.05) is 13.8 Å². The van der Waals surface area contributed by atoms with Crippen LogP contribution in [0.15, 0.2) is 16.6 Å². The second-order valence-electron chi connectivity index (χ2n) is 8.63. The van der Waals surface area contributed by atoms with Gasteiger partial charge in [0, 0.05) is 10.2 Å². The van der Waals surface area contributed by atoms with Crippen LogP contribution in [0.25, 0.3) is 0 Å². The molecule has 1 atom stereocenters. The lowest BCUT2D eigenvalue weighted by molar-refractivity contribution is -0.151. The molecule has 0 unspecified atom stereocenters. The molecule has 0 saturated carbocycles. The van der Waals surface area contributed by atoms with Crippen molar-refractivity contribution in [2.24, 2.45) is 5.92 Å². The first-order valence-corrected chi connectivity index (χ1v) is 13.0. The molecule has 3 rings (SSSR count). The lowest BCUT2D eigenvalue weighted by atomic mass is 10.0. The fourth-order valence-corrected chi connectivity index (χ4v) is 5.19. The third-order valence-electron chi connectivity index (χ3n) is 5.75. The van der Waals surface area contributed by atoms with Crippen LogP contribution in [0.5, 0.6) is 0 Å². The van der Waals surface area contributed by atoms with Crippen LogP contribution in [0.3, 0.4) is 0 Å². The quantitative estimate of drug-likeness (QED) is 0.155. The summed E-state index contributed by atoms with van der Waals surface area (Å²) >= 11 is 28.0. The molecule has 7 nitrogen and oxygen atoms in total. The van der Waals surface area contributed by atoms with E-state index in [-0.39, 0.29) is 43.6 Å². The molecule has 3 amide bonds. The summed E-state index contributed by atoms with van der Waals surface area (Å²) in [5.41, 5.74) is 1.89. The molecular formula is C24H21BrCl4N2O5. The van der Waals surface area contributed by atoms with Gasteiger partial charge in [-0.2, -0.15) is 0 Å². The average Bonchev–Trinajstić information content (AvgIpc) is 3.08. The zero-order chi connectivity index (χ0) is 27.1. The zero-order valence-corrected chi connectivity index (χ0v) is 24.2. The van der Waals surface area contributed by atoms with Crippen LogP contribution in [-0.4, -0.2) is 41.2 Å². The summed E-state index contributed by atoms with van der Waals surface area (Å²) in [6, 6.07) is 2.18. The van der Waals surface area contributed by atoms with Gasteiger partial charge in [0.1, 0.15) is 6.04 Å². The van der Waals surface area contributed by atoms with E-state index in [9.17, 15) is 19.2 Å². The largest absolute Gasteiger partial charge is 0.454 e. The Kier molecular flexibility index (Phi) is 8.99. The number of esters is 1. The van der Waals surface area contributed by atoms with Crippen molar-refractivity contribution in [3.05, 3.63) is 58.9 Å². The number of anilines is 1. The molecule has 12 heteroatoms. The first-order valence-electron chi connectivity index (χ1n) is 10.7. The third-order valence-corrected chi connectivity index (χ3v) is 8.41. The van der Waals surface area contributed by atoms with Gasteiger partial charge >= 0.3 is 5.97 Å². The van der Waals surface area contributed by atoms with Crippen LogP contribution in [0.4, 0.5) is 5.69 Å². The number of rotatable bonds is 7. The standard InChI is InChI=1S/C24H21BrCl4N2O5/c1-9(2)7-14(24(35)36-8-15(32)30-13-6-5-12(25)10(3)11(13)4)31-22(33)16-17(23(31)34)19(27)21(29)20(28)18(16)26/h5-6,9,14H,7-8H2,1-4H3,(H,30,32)/t14-/m0/s1. The second-order valence-corrected chi connectivity index (χ2v) is 11.0. The highest BCUT2D eigenvalue weighted by atomic mass is 79.9. The highest BCUT2D eigenvalue weighted by Crippen LogP contribution is 2.45. The summed E-state index contributed by atoms with van der Waals surface area (Å²) < 4.78 is 6.12. The van der Waals surface area contributed by atoms with Gasteiger partial charge in [-0.1, -0.05) is 76.2 Å². The number of amides is 3. The number of ether oxygens (including phenoxy) is 1. The lowest BCUT2D eigenvalue weighted by Crippen LogP contribution is -2.47. The maximum atomic E-state index is 13.2. The van der Waals surface area contributed by atoms with Crippen molar-refractivity contribution in [2.75, 3.05) is 11.9 Å². The van der Waals surface area contributed by atoms with E-state index in [1.165, 1.54) is 0 Å². The van der Waals surface area contributed by atoms with E-state index in [2.05, 4.69) is 21.2 Å². The normalized spacial score (nSPS) is 13.8. The Labute approximate surface area is 236 Å². The molecule has 1 N–H and O–H groups in total. The number of halogens is 5. The Balaban J connectivity index is 1.82. The second kappa shape index (κ2) is 11.3. The molecule has 0 bridgehead atoms. The molecule has 1 aliphatic rings. The van der Waals surface area contributed by atoms with Gasteiger partial charge in [0.15, 0.2) is 6.61 Å². The van der Waals surface area contributed by atoms with Gasteiger partial charge in [0.25, 0.3) is 17.7 Å². The number of nitrogens with one attached hydrogen (secondary N) is 1. The number of imide groups is 1. The van der Waals surface area contributed by atoms with Crippen molar-refractivity contribution < 1.29 is 23.9 Å². The lowest BCUT2D eigenvalue weighted by Gasteiger charge is -2.26. The predicted octanol–water partition coefficient (Wildman–Crippen LogP) is 6.87. The molecule has 0 aliphatic carbocycles. The zero-order valence-electron chi connectivity index (χ0n) is 19.6. The van der Waals surface area contributed by atoms with E-state index in [1.54, 1.807) is 26.0 Å². The van der Waals surface area contributed by atoms with Gasteiger partial charge < -0.3 is 10.1 Å². The van der Waals surface area contributed by atoms with Gasteiger partial charge in [-0.15, -0.1) is 0 Å². The van der Waals surface area contributed by atoms with E-state index < -0.39 is 36.3 Å². The van der Waals surface area contributed by atoms with Gasteiger partial charge in [0.2, 0.25) is 0 Å². The minimum Gasteiger partial charge on any atom is -0.454 e. The van der Waals surface area contributed by atoms with Crippen LogP contribution >= 0.6 is 62.3 Å². The number of fused-ring (bicyclic) bond motifs is 1. The number of hydrogen-bond acceptors (Lipinski definition) is 5. The SMILES string of the molecule is Cc1c(Br)ccc(NC(=O)COC(=O)[C@H](CC(C)C)N2C(=O)c3c(Cl)c(Cl)c(Cl)c(Cl)c3C2=O)c1C. The fraction of sp³-hybridized carbons (Fsp3) is 0.333. The van der Waals surface area contributed by atoms with Gasteiger partial charge in [-0.25, -0.2) is 4.79 Å². The van der Waals surface area contributed by atoms with Crippen LogP contribution in [0, 0.1) is 19.8 Å². The smallest absolute Gasteiger partial charge is 0.329 e. The van der Waals surface area contributed by atoms with E-state index in [0.717, 1.165) is 20.5 Å². The minimum absolute atomic E-state index is 0.0770. The maximum absolute atomic E-state index is 13.2. The molecular weight excluding hydrogens is 618 g/mol. The van der Waals surface area contributed by atoms with Crippen molar-refractivity contribution in [3.8, 4) is 0 Å². The van der Waals surface area contributed by atoms with Crippen molar-refractivity contribution in [3.63, 3.8) is 0 Å². The molecule has 36 heavy (non-hydrogen) atoms. The molecule has 192 valence electrons. The van der Waals surface area contributed by atoms with Crippen molar-refractivity contribution >= 4 is 91.7 Å². The Morgan fingerprint density at radius 1 is 0.944 bits per heavy atom. The number of carbonyl (C=O) groups is 4. The molecule has 2 aromatic carbocycles. The Hall–Kier alpha value is -1.84.